The summed E-state index contributed by atoms with van der Waals surface area (Å²) in [6.45, 7) is 0.417. The summed E-state index contributed by atoms with van der Waals surface area (Å²) in [5, 5.41) is 3.09. The van der Waals surface area contributed by atoms with E-state index in [9.17, 15) is 18.0 Å². The molecule has 8 nitrogen and oxygen atoms in total. The van der Waals surface area contributed by atoms with Crippen molar-refractivity contribution in [1.82, 2.24) is 5.32 Å². The van der Waals surface area contributed by atoms with Crippen LogP contribution < -0.4 is 14.8 Å². The van der Waals surface area contributed by atoms with Crippen molar-refractivity contribution >= 4 is 33.3 Å². The molecule has 160 valence electrons. The van der Waals surface area contributed by atoms with E-state index in [-0.39, 0.29) is 17.9 Å². The van der Waals surface area contributed by atoms with E-state index < -0.39 is 34.1 Å². The molecule has 2 aromatic carbocycles. The third-order valence-electron chi connectivity index (χ3n) is 4.25. The van der Waals surface area contributed by atoms with Crippen molar-refractivity contribution in [2.24, 2.45) is 0 Å². The van der Waals surface area contributed by atoms with Gasteiger partial charge in [0.25, 0.3) is 5.91 Å². The van der Waals surface area contributed by atoms with Gasteiger partial charge in [0.2, 0.25) is 0 Å². The monoisotopic (exact) mass is 453 g/mol. The molecule has 1 N–H and O–H groups in total. The Morgan fingerprint density at radius 1 is 1.07 bits per heavy atom. The molecular formula is C20H20ClNO7S. The van der Waals surface area contributed by atoms with Crippen LogP contribution in [-0.4, -0.2) is 45.9 Å². The first kappa shape index (κ1) is 21.9. The van der Waals surface area contributed by atoms with E-state index in [2.05, 4.69) is 5.32 Å². The van der Waals surface area contributed by atoms with Gasteiger partial charge in [0.1, 0.15) is 13.2 Å². The van der Waals surface area contributed by atoms with Gasteiger partial charge in [0, 0.05) is 17.6 Å². The molecule has 30 heavy (non-hydrogen) atoms. The van der Waals surface area contributed by atoms with Crippen LogP contribution in [0.1, 0.15) is 12.0 Å². The number of hydrogen-bond donors (Lipinski definition) is 1. The molecular weight excluding hydrogens is 434 g/mol. The zero-order valence-electron chi connectivity index (χ0n) is 15.9. The van der Waals surface area contributed by atoms with Crippen molar-refractivity contribution in [3.8, 4) is 11.5 Å². The van der Waals surface area contributed by atoms with Crippen LogP contribution in [0.3, 0.4) is 0 Å². The Kier molecular flexibility index (Phi) is 7.17. The summed E-state index contributed by atoms with van der Waals surface area (Å²) in [5.74, 6) is -0.934. The first-order chi connectivity index (χ1) is 14.3. The second-order valence-electron chi connectivity index (χ2n) is 6.40. The van der Waals surface area contributed by atoms with E-state index >= 15 is 0 Å². The largest absolute Gasteiger partial charge is 0.486 e. The number of hydrogen-bond acceptors (Lipinski definition) is 7. The van der Waals surface area contributed by atoms with Gasteiger partial charge in [-0.05, 0) is 23.8 Å². The summed E-state index contributed by atoms with van der Waals surface area (Å²) in [7, 11) is -3.73. The topological polar surface area (TPSA) is 108 Å². The smallest absolute Gasteiger partial charge is 0.307 e. The zero-order chi connectivity index (χ0) is 21.6. The molecule has 0 bridgehead atoms. The lowest BCUT2D eigenvalue weighted by Gasteiger charge is -2.18. The van der Waals surface area contributed by atoms with E-state index in [0.29, 0.717) is 29.7 Å². The number of ether oxygens (including phenoxy) is 3. The summed E-state index contributed by atoms with van der Waals surface area (Å²) < 4.78 is 40.5. The van der Waals surface area contributed by atoms with Crippen LogP contribution in [0.15, 0.2) is 47.4 Å². The SMILES string of the molecule is O=C(COC(=O)CCS(=O)(=O)c1ccc2c(c1)OCCO2)NCc1ccccc1Cl. The highest BCUT2D eigenvalue weighted by molar-refractivity contribution is 7.91. The number of benzene rings is 2. The van der Waals surface area contributed by atoms with Gasteiger partial charge < -0.3 is 19.5 Å². The van der Waals surface area contributed by atoms with Crippen LogP contribution in [0.4, 0.5) is 0 Å². The number of esters is 1. The number of carbonyl (C=O) groups excluding carboxylic acids is 2. The van der Waals surface area contributed by atoms with Crippen molar-refractivity contribution in [3.63, 3.8) is 0 Å². The molecule has 10 heteroatoms. The van der Waals surface area contributed by atoms with Crippen LogP contribution >= 0.6 is 11.6 Å². The summed E-state index contributed by atoms with van der Waals surface area (Å²) in [6, 6.07) is 11.3. The molecule has 1 aliphatic heterocycles. The van der Waals surface area contributed by atoms with Gasteiger partial charge in [-0.15, -0.1) is 0 Å². The molecule has 0 unspecified atom stereocenters. The van der Waals surface area contributed by atoms with Crippen LogP contribution in [-0.2, 0) is 30.7 Å². The summed E-state index contributed by atoms with van der Waals surface area (Å²) in [6.07, 6.45) is -0.380. The molecule has 3 rings (SSSR count). The van der Waals surface area contributed by atoms with Gasteiger partial charge >= 0.3 is 5.97 Å². The molecule has 0 aliphatic carbocycles. The number of amides is 1. The highest BCUT2D eigenvalue weighted by Crippen LogP contribution is 2.32. The predicted molar refractivity (Wildman–Crippen MR) is 108 cm³/mol. The van der Waals surface area contributed by atoms with Crippen molar-refractivity contribution in [3.05, 3.63) is 53.1 Å². The molecule has 0 aromatic heterocycles. The minimum Gasteiger partial charge on any atom is -0.486 e. The van der Waals surface area contributed by atoms with E-state index in [1.807, 2.05) is 0 Å². The van der Waals surface area contributed by atoms with Crippen LogP contribution in [0.5, 0.6) is 11.5 Å². The first-order valence-corrected chi connectivity index (χ1v) is 11.2. The van der Waals surface area contributed by atoms with E-state index in [0.717, 1.165) is 5.56 Å². The number of carbonyl (C=O) groups is 2. The molecule has 1 amide bonds. The van der Waals surface area contributed by atoms with Crippen LogP contribution in [0.25, 0.3) is 0 Å². The maximum Gasteiger partial charge on any atom is 0.307 e. The number of fused-ring (bicyclic) bond motifs is 1. The molecule has 0 saturated heterocycles. The second-order valence-corrected chi connectivity index (χ2v) is 8.92. The summed E-state index contributed by atoms with van der Waals surface area (Å²) in [5.41, 5.74) is 0.726. The maximum atomic E-state index is 12.5. The fourth-order valence-corrected chi connectivity index (χ4v) is 4.09. The molecule has 2 aromatic rings. The highest BCUT2D eigenvalue weighted by atomic mass is 35.5. The number of nitrogens with one attached hydrogen (secondary N) is 1. The van der Waals surface area contributed by atoms with Crippen molar-refractivity contribution in [1.29, 1.82) is 0 Å². The van der Waals surface area contributed by atoms with Crippen molar-refractivity contribution in [2.45, 2.75) is 17.9 Å². The van der Waals surface area contributed by atoms with Gasteiger partial charge in [-0.2, -0.15) is 0 Å². The van der Waals surface area contributed by atoms with Gasteiger partial charge in [-0.1, -0.05) is 29.8 Å². The predicted octanol–water partition coefficient (Wildman–Crippen LogP) is 2.13. The van der Waals surface area contributed by atoms with Gasteiger partial charge in [-0.3, -0.25) is 9.59 Å². The highest BCUT2D eigenvalue weighted by Gasteiger charge is 2.21. The Labute approximate surface area is 179 Å². The quantitative estimate of drug-likeness (QED) is 0.610. The maximum absolute atomic E-state index is 12.5. The average molecular weight is 454 g/mol. The Hall–Kier alpha value is -2.78. The lowest BCUT2D eigenvalue weighted by Crippen LogP contribution is -2.28. The zero-order valence-corrected chi connectivity index (χ0v) is 17.5. The van der Waals surface area contributed by atoms with Crippen LogP contribution in [0.2, 0.25) is 5.02 Å². The van der Waals surface area contributed by atoms with Gasteiger partial charge in [0.05, 0.1) is 17.1 Å². The lowest BCUT2D eigenvalue weighted by molar-refractivity contribution is -0.148. The number of halogens is 1. The molecule has 1 heterocycles. The third kappa shape index (κ3) is 5.87. The molecule has 1 aliphatic rings. The van der Waals surface area contributed by atoms with Gasteiger partial charge in [-0.25, -0.2) is 8.42 Å². The number of sulfone groups is 1. The molecule has 0 atom stereocenters. The Morgan fingerprint density at radius 2 is 1.80 bits per heavy atom. The fraction of sp³-hybridized carbons (Fsp3) is 0.300. The Bertz CT molecular complexity index is 1040. The van der Waals surface area contributed by atoms with Crippen molar-refractivity contribution in [2.75, 3.05) is 25.6 Å². The Morgan fingerprint density at radius 3 is 2.57 bits per heavy atom. The number of rotatable bonds is 8. The average Bonchev–Trinajstić information content (AvgIpc) is 2.75. The third-order valence-corrected chi connectivity index (χ3v) is 6.33. The van der Waals surface area contributed by atoms with E-state index in [1.165, 1.54) is 18.2 Å². The minimum absolute atomic E-state index is 0.0250. The molecule has 0 spiro atoms. The molecule has 0 fully saturated rings. The second kappa shape index (κ2) is 9.82. The first-order valence-electron chi connectivity index (χ1n) is 9.13. The summed E-state index contributed by atoms with van der Waals surface area (Å²) >= 11 is 6.00. The van der Waals surface area contributed by atoms with E-state index in [1.54, 1.807) is 24.3 Å². The molecule has 0 saturated carbocycles. The minimum atomic E-state index is -3.73. The fourth-order valence-electron chi connectivity index (χ4n) is 2.66. The van der Waals surface area contributed by atoms with Crippen molar-refractivity contribution < 1.29 is 32.2 Å². The van der Waals surface area contributed by atoms with Gasteiger partial charge in [0.15, 0.2) is 27.9 Å². The molecule has 0 radical (unpaired) electrons. The Balaban J connectivity index is 1.44. The standard InChI is InChI=1S/C20H20ClNO7S/c21-16-4-2-1-3-14(16)12-22-19(23)13-29-20(24)7-10-30(25,26)15-5-6-17-18(11-15)28-9-8-27-17/h1-6,11H,7-10,12-13H2,(H,22,23). The lowest BCUT2D eigenvalue weighted by atomic mass is 10.2. The van der Waals surface area contributed by atoms with Crippen LogP contribution in [0, 0.1) is 0 Å². The summed E-state index contributed by atoms with van der Waals surface area (Å²) in [4.78, 5) is 23.7. The van der Waals surface area contributed by atoms with E-state index in [4.69, 9.17) is 25.8 Å². The normalized spacial score (nSPS) is 12.8.